The number of benzene rings is 2. The van der Waals surface area contributed by atoms with Crippen LogP contribution in [0.15, 0.2) is 48.5 Å². The first-order valence-electron chi connectivity index (χ1n) is 11.8. The number of para-hydroxylation sites is 2. The second-order valence-corrected chi connectivity index (χ2v) is 9.00. The van der Waals surface area contributed by atoms with E-state index in [1.807, 2.05) is 18.7 Å². The Morgan fingerprint density at radius 1 is 0.941 bits per heavy atom. The molecule has 2 aromatic rings. The van der Waals surface area contributed by atoms with Gasteiger partial charge in [-0.3, -0.25) is 9.59 Å². The highest BCUT2D eigenvalue weighted by molar-refractivity contribution is 6.07. The zero-order chi connectivity index (χ0) is 24.7. The molecule has 34 heavy (non-hydrogen) atoms. The number of carbonyl (C=O) groups is 3. The van der Waals surface area contributed by atoms with Crippen LogP contribution in [0.1, 0.15) is 57.3 Å². The smallest absolute Gasteiger partial charge is 0.319 e. The van der Waals surface area contributed by atoms with Gasteiger partial charge in [0, 0.05) is 23.7 Å². The fourth-order valence-electron chi connectivity index (χ4n) is 4.15. The number of amides is 4. The van der Waals surface area contributed by atoms with Crippen LogP contribution in [0.3, 0.4) is 0 Å². The second kappa shape index (κ2) is 11.5. The number of likely N-dealkylation sites (tertiary alicyclic amines) is 1. The molecule has 0 radical (unpaired) electrons. The van der Waals surface area contributed by atoms with E-state index in [0.29, 0.717) is 22.7 Å². The van der Waals surface area contributed by atoms with Crippen molar-refractivity contribution in [2.75, 3.05) is 17.2 Å². The number of hydrogen-bond acceptors (Lipinski definition) is 4. The molecule has 1 saturated heterocycles. The summed E-state index contributed by atoms with van der Waals surface area (Å²) in [4.78, 5) is 39.3. The van der Waals surface area contributed by atoms with E-state index >= 15 is 0 Å². The van der Waals surface area contributed by atoms with Crippen LogP contribution >= 0.6 is 0 Å². The highest BCUT2D eigenvalue weighted by Gasteiger charge is 2.29. The summed E-state index contributed by atoms with van der Waals surface area (Å²) in [6.07, 6.45) is 3.17. The Morgan fingerprint density at radius 3 is 2.12 bits per heavy atom. The lowest BCUT2D eigenvalue weighted by molar-refractivity contribution is -0.139. The molecule has 4 amide bonds. The first-order valence-corrected chi connectivity index (χ1v) is 11.8. The van der Waals surface area contributed by atoms with Crippen molar-refractivity contribution in [3.05, 3.63) is 54.1 Å². The van der Waals surface area contributed by atoms with Crippen LogP contribution in [0.25, 0.3) is 0 Å². The average molecular weight is 467 g/mol. The Morgan fingerprint density at radius 2 is 1.53 bits per heavy atom. The van der Waals surface area contributed by atoms with Crippen LogP contribution < -0.4 is 20.7 Å². The molecule has 0 aromatic heterocycles. The number of nitrogens with zero attached hydrogens (tertiary/aromatic N) is 1. The van der Waals surface area contributed by atoms with E-state index in [-0.39, 0.29) is 42.6 Å². The van der Waals surface area contributed by atoms with Crippen LogP contribution in [0, 0.1) is 0 Å². The van der Waals surface area contributed by atoms with Crippen LogP contribution in [0.4, 0.5) is 16.2 Å². The van der Waals surface area contributed by atoms with Gasteiger partial charge in [-0.25, -0.2) is 4.79 Å². The lowest BCUT2D eigenvalue weighted by Gasteiger charge is -2.38. The fraction of sp³-hybridized carbons (Fsp3) is 0.423. The molecule has 8 heteroatoms. The third-order valence-electron chi connectivity index (χ3n) is 5.80. The summed E-state index contributed by atoms with van der Waals surface area (Å²) >= 11 is 0. The largest absolute Gasteiger partial charge is 0.484 e. The average Bonchev–Trinajstić information content (AvgIpc) is 2.78. The molecule has 2 aromatic carbocycles. The molecule has 0 spiro atoms. The molecular weight excluding hydrogens is 432 g/mol. The molecule has 3 N–H and O–H groups in total. The minimum Gasteiger partial charge on any atom is -0.484 e. The van der Waals surface area contributed by atoms with E-state index in [1.165, 1.54) is 0 Å². The van der Waals surface area contributed by atoms with Crippen molar-refractivity contribution < 1.29 is 19.1 Å². The molecule has 1 aliphatic heterocycles. The normalized spacial score (nSPS) is 17.7. The molecule has 1 fully saturated rings. The maximum absolute atomic E-state index is 12.7. The predicted octanol–water partition coefficient (Wildman–Crippen LogP) is 4.64. The number of rotatable bonds is 7. The second-order valence-electron chi connectivity index (χ2n) is 9.00. The molecule has 0 aliphatic carbocycles. The van der Waals surface area contributed by atoms with Gasteiger partial charge in [-0.05, 0) is 83.4 Å². The monoisotopic (exact) mass is 466 g/mol. The molecule has 1 aliphatic rings. The third-order valence-corrected chi connectivity index (χ3v) is 5.80. The number of urea groups is 1. The Kier molecular flexibility index (Phi) is 8.51. The van der Waals surface area contributed by atoms with Crippen molar-refractivity contribution in [1.29, 1.82) is 0 Å². The van der Waals surface area contributed by atoms with Gasteiger partial charge in [-0.15, -0.1) is 0 Å². The number of ether oxygens (including phenoxy) is 1. The number of hydrogen-bond donors (Lipinski definition) is 3. The van der Waals surface area contributed by atoms with Crippen molar-refractivity contribution in [1.82, 2.24) is 10.2 Å². The van der Waals surface area contributed by atoms with Crippen molar-refractivity contribution in [3.8, 4) is 5.75 Å². The molecule has 1 heterocycles. The Balaban J connectivity index is 1.57. The zero-order valence-corrected chi connectivity index (χ0v) is 20.3. The Bertz CT molecular complexity index is 996. The highest BCUT2D eigenvalue weighted by atomic mass is 16.5. The van der Waals surface area contributed by atoms with Gasteiger partial charge in [0.2, 0.25) is 0 Å². The summed E-state index contributed by atoms with van der Waals surface area (Å²) in [5.74, 6) is 0.180. The molecule has 2 unspecified atom stereocenters. The summed E-state index contributed by atoms with van der Waals surface area (Å²) in [6.45, 7) is 7.85. The van der Waals surface area contributed by atoms with Crippen molar-refractivity contribution in [3.63, 3.8) is 0 Å². The van der Waals surface area contributed by atoms with Gasteiger partial charge in [0.15, 0.2) is 6.61 Å². The number of carbonyl (C=O) groups excluding carboxylic acids is 3. The Hall–Kier alpha value is -3.55. The molecule has 182 valence electrons. The minimum atomic E-state index is -0.346. The third kappa shape index (κ3) is 6.73. The van der Waals surface area contributed by atoms with Crippen LogP contribution in [0.2, 0.25) is 0 Å². The first kappa shape index (κ1) is 25.1. The fourth-order valence-corrected chi connectivity index (χ4v) is 4.15. The first-order chi connectivity index (χ1) is 16.2. The Labute approximate surface area is 201 Å². The zero-order valence-electron chi connectivity index (χ0n) is 20.3. The van der Waals surface area contributed by atoms with Crippen LogP contribution in [0.5, 0.6) is 5.75 Å². The summed E-state index contributed by atoms with van der Waals surface area (Å²) in [6, 6.07) is 13.7. The molecule has 0 saturated carbocycles. The summed E-state index contributed by atoms with van der Waals surface area (Å²) in [7, 11) is 0. The van der Waals surface area contributed by atoms with Crippen molar-refractivity contribution >= 4 is 29.2 Å². The SMILES string of the molecule is CC(C)NC(=O)Nc1ccccc1NC(=O)c1ccc(OCC(=O)N2C(C)CCCC2C)cc1. The topological polar surface area (TPSA) is 99.8 Å². The quantitative estimate of drug-likeness (QED) is 0.554. The van der Waals surface area contributed by atoms with Crippen molar-refractivity contribution in [2.24, 2.45) is 0 Å². The van der Waals surface area contributed by atoms with Gasteiger partial charge in [0.05, 0.1) is 11.4 Å². The van der Waals surface area contributed by atoms with E-state index < -0.39 is 0 Å². The van der Waals surface area contributed by atoms with Crippen molar-refractivity contribution in [2.45, 2.75) is 65.1 Å². The lowest BCUT2D eigenvalue weighted by atomic mass is 9.97. The van der Waals surface area contributed by atoms with Gasteiger partial charge in [0.25, 0.3) is 11.8 Å². The van der Waals surface area contributed by atoms with Gasteiger partial charge < -0.3 is 25.6 Å². The van der Waals surface area contributed by atoms with E-state index in [4.69, 9.17) is 4.74 Å². The number of piperidine rings is 1. The van der Waals surface area contributed by atoms with Crippen LogP contribution in [-0.2, 0) is 4.79 Å². The van der Waals surface area contributed by atoms with E-state index in [9.17, 15) is 14.4 Å². The van der Waals surface area contributed by atoms with Gasteiger partial charge >= 0.3 is 6.03 Å². The predicted molar refractivity (Wildman–Crippen MR) is 133 cm³/mol. The van der Waals surface area contributed by atoms with Gasteiger partial charge in [-0.2, -0.15) is 0 Å². The van der Waals surface area contributed by atoms with Gasteiger partial charge in [-0.1, -0.05) is 12.1 Å². The maximum Gasteiger partial charge on any atom is 0.319 e. The minimum absolute atomic E-state index is 0.00978. The number of nitrogens with one attached hydrogen (secondary N) is 3. The molecule has 2 atom stereocenters. The summed E-state index contributed by atoms with van der Waals surface area (Å²) in [5, 5.41) is 8.32. The molecule has 8 nitrogen and oxygen atoms in total. The lowest BCUT2D eigenvalue weighted by Crippen LogP contribution is -2.49. The molecular formula is C26H34N4O4. The van der Waals surface area contributed by atoms with Crippen LogP contribution in [-0.4, -0.2) is 47.5 Å². The maximum atomic E-state index is 12.7. The van der Waals surface area contributed by atoms with E-state index in [0.717, 1.165) is 19.3 Å². The van der Waals surface area contributed by atoms with E-state index in [2.05, 4.69) is 29.8 Å². The van der Waals surface area contributed by atoms with Gasteiger partial charge in [0.1, 0.15) is 5.75 Å². The van der Waals surface area contributed by atoms with E-state index in [1.54, 1.807) is 48.5 Å². The summed E-state index contributed by atoms with van der Waals surface area (Å²) in [5.41, 5.74) is 1.41. The highest BCUT2D eigenvalue weighted by Crippen LogP contribution is 2.24. The standard InChI is InChI=1S/C26H34N4O4/c1-17(2)27-26(33)29-23-11-6-5-10-22(23)28-25(32)20-12-14-21(15-13-20)34-16-24(31)30-18(3)8-7-9-19(30)4/h5-6,10-15,17-19H,7-9,16H2,1-4H3,(H,28,32)(H2,27,29,33). The molecule has 3 rings (SSSR count). The summed E-state index contributed by atoms with van der Waals surface area (Å²) < 4.78 is 5.69. The molecule has 0 bridgehead atoms. The number of anilines is 2.